The topological polar surface area (TPSA) is 75.3 Å². The first-order valence-corrected chi connectivity index (χ1v) is 11.8. The molecule has 2 N–H and O–H groups in total. The predicted octanol–water partition coefficient (Wildman–Crippen LogP) is 6.04. The molecule has 0 fully saturated rings. The number of benzene rings is 1. The van der Waals surface area contributed by atoms with Crippen molar-refractivity contribution in [3.8, 4) is 0 Å². The Bertz CT molecular complexity index is 599. The molecule has 0 aliphatic heterocycles. The molecule has 1 aromatic carbocycles. The molecule has 5 heteroatoms. The highest BCUT2D eigenvalue weighted by atomic mass is 16.2. The monoisotopic (exact) mass is 416 g/mol. The maximum absolute atomic E-state index is 12.0. The summed E-state index contributed by atoms with van der Waals surface area (Å²) >= 11 is 0. The Morgan fingerprint density at radius 1 is 0.767 bits per heavy atom. The second-order valence-electron chi connectivity index (χ2n) is 7.99. The van der Waals surface area contributed by atoms with Crippen molar-refractivity contribution in [1.82, 2.24) is 5.32 Å². The first-order valence-electron chi connectivity index (χ1n) is 11.8. The lowest BCUT2D eigenvalue weighted by molar-refractivity contribution is -0.116. The first-order chi connectivity index (χ1) is 14.7. The summed E-state index contributed by atoms with van der Waals surface area (Å²) in [6, 6.07) is 6.69. The molecule has 168 valence electrons. The quantitative estimate of drug-likeness (QED) is 0.226. The Balaban J connectivity index is 2.01. The molecule has 0 spiro atoms. The molecule has 0 bridgehead atoms. The van der Waals surface area contributed by atoms with Gasteiger partial charge in [-0.2, -0.15) is 0 Å². The molecule has 1 aromatic rings. The predicted molar refractivity (Wildman–Crippen MR) is 124 cm³/mol. The smallest absolute Gasteiger partial charge is 0.251 e. The molecule has 0 saturated carbocycles. The van der Waals surface area contributed by atoms with E-state index in [4.69, 9.17) is 0 Å². The van der Waals surface area contributed by atoms with Crippen molar-refractivity contribution in [3.63, 3.8) is 0 Å². The molecule has 30 heavy (non-hydrogen) atoms. The van der Waals surface area contributed by atoms with Gasteiger partial charge in [-0.15, -0.1) is 0 Å². The van der Waals surface area contributed by atoms with E-state index in [1.54, 1.807) is 24.3 Å². The molecule has 0 aromatic heterocycles. The van der Waals surface area contributed by atoms with Crippen molar-refractivity contribution in [2.75, 3.05) is 11.9 Å². The minimum Gasteiger partial charge on any atom is -0.345 e. The van der Waals surface area contributed by atoms with Crippen molar-refractivity contribution in [3.05, 3.63) is 29.8 Å². The molecule has 0 saturated heterocycles. The summed E-state index contributed by atoms with van der Waals surface area (Å²) in [6.07, 6.45) is 18.0. The van der Waals surface area contributed by atoms with Gasteiger partial charge < -0.3 is 15.4 Å². The van der Waals surface area contributed by atoms with Gasteiger partial charge in [0.1, 0.15) is 6.29 Å². The van der Waals surface area contributed by atoms with E-state index < -0.39 is 0 Å². The van der Waals surface area contributed by atoms with Gasteiger partial charge in [0, 0.05) is 17.7 Å². The van der Waals surface area contributed by atoms with E-state index in [1.165, 1.54) is 70.6 Å². The Kier molecular flexibility index (Phi) is 15.2. The minimum absolute atomic E-state index is 0.00353. The maximum atomic E-state index is 12.0. The third-order valence-electron chi connectivity index (χ3n) is 5.28. The molecule has 0 aliphatic rings. The number of rotatable bonds is 18. The fourth-order valence-corrected chi connectivity index (χ4v) is 3.47. The van der Waals surface area contributed by atoms with Gasteiger partial charge >= 0.3 is 0 Å². The van der Waals surface area contributed by atoms with Crippen molar-refractivity contribution >= 4 is 23.8 Å². The van der Waals surface area contributed by atoms with Crippen molar-refractivity contribution in [2.45, 2.75) is 96.8 Å². The second-order valence-corrected chi connectivity index (χ2v) is 7.99. The van der Waals surface area contributed by atoms with Gasteiger partial charge in [0.05, 0.1) is 6.54 Å². The Morgan fingerprint density at radius 3 is 1.77 bits per heavy atom. The van der Waals surface area contributed by atoms with Crippen molar-refractivity contribution in [2.24, 2.45) is 0 Å². The summed E-state index contributed by atoms with van der Waals surface area (Å²) in [5.74, 6) is -0.289. The van der Waals surface area contributed by atoms with Gasteiger partial charge in [-0.05, 0) is 30.7 Å². The SMILES string of the molecule is CCCCCCCCCCCCCCCC(=O)Nc1ccc(C(=O)NCC=O)cc1. The van der Waals surface area contributed by atoms with E-state index in [2.05, 4.69) is 17.6 Å². The van der Waals surface area contributed by atoms with Gasteiger partial charge in [-0.1, -0.05) is 84.0 Å². The van der Waals surface area contributed by atoms with Crippen molar-refractivity contribution < 1.29 is 14.4 Å². The fourth-order valence-electron chi connectivity index (χ4n) is 3.47. The Hall–Kier alpha value is -2.17. The zero-order chi connectivity index (χ0) is 21.9. The van der Waals surface area contributed by atoms with E-state index in [0.717, 1.165) is 12.8 Å². The largest absolute Gasteiger partial charge is 0.345 e. The number of nitrogens with one attached hydrogen (secondary N) is 2. The van der Waals surface area contributed by atoms with Gasteiger partial charge in [0.2, 0.25) is 5.91 Å². The summed E-state index contributed by atoms with van der Waals surface area (Å²) < 4.78 is 0. The molecule has 2 amide bonds. The summed E-state index contributed by atoms with van der Waals surface area (Å²) in [5.41, 5.74) is 1.15. The van der Waals surface area contributed by atoms with Crippen LogP contribution in [0.15, 0.2) is 24.3 Å². The molecular weight excluding hydrogens is 376 g/mol. The normalized spacial score (nSPS) is 10.6. The van der Waals surface area contributed by atoms with Crippen LogP contribution >= 0.6 is 0 Å². The lowest BCUT2D eigenvalue weighted by Gasteiger charge is -2.07. The molecular formula is C25H40N2O3. The van der Waals surface area contributed by atoms with E-state index in [-0.39, 0.29) is 18.4 Å². The second kappa shape index (κ2) is 17.7. The van der Waals surface area contributed by atoms with E-state index in [1.807, 2.05) is 0 Å². The highest BCUT2D eigenvalue weighted by Gasteiger charge is 2.06. The number of aldehydes is 1. The molecule has 0 aliphatic carbocycles. The number of anilines is 1. The summed E-state index contributed by atoms with van der Waals surface area (Å²) in [7, 11) is 0. The van der Waals surface area contributed by atoms with E-state index in [0.29, 0.717) is 24.0 Å². The molecule has 1 rings (SSSR count). The van der Waals surface area contributed by atoms with Crippen LogP contribution in [0.5, 0.6) is 0 Å². The molecule has 0 heterocycles. The highest BCUT2D eigenvalue weighted by Crippen LogP contribution is 2.14. The Morgan fingerprint density at radius 2 is 1.27 bits per heavy atom. The Labute approximate surface area is 182 Å². The third kappa shape index (κ3) is 13.1. The average molecular weight is 417 g/mol. The zero-order valence-electron chi connectivity index (χ0n) is 18.7. The molecule has 5 nitrogen and oxygen atoms in total. The van der Waals surface area contributed by atoms with Crippen molar-refractivity contribution in [1.29, 1.82) is 0 Å². The number of hydrogen-bond acceptors (Lipinski definition) is 3. The van der Waals surface area contributed by atoms with E-state index in [9.17, 15) is 14.4 Å². The molecule has 0 radical (unpaired) electrons. The van der Waals surface area contributed by atoms with Crippen LogP contribution in [0.2, 0.25) is 0 Å². The molecule has 0 unspecified atom stereocenters. The maximum Gasteiger partial charge on any atom is 0.251 e. The summed E-state index contributed by atoms with van der Waals surface area (Å²) in [6.45, 7) is 2.25. The average Bonchev–Trinajstić information content (AvgIpc) is 2.75. The van der Waals surface area contributed by atoms with Crippen LogP contribution in [-0.2, 0) is 9.59 Å². The summed E-state index contributed by atoms with van der Waals surface area (Å²) in [5, 5.41) is 5.35. The molecule has 0 atom stereocenters. The van der Waals surface area contributed by atoms with Gasteiger partial charge in [-0.25, -0.2) is 0 Å². The standard InChI is InChI=1S/C25H40N2O3/c1-2-3-4-5-6-7-8-9-10-11-12-13-14-15-24(29)27-23-18-16-22(17-19-23)25(30)26-20-21-28/h16-19,21H,2-15,20H2,1H3,(H,26,30)(H,27,29). The number of carbonyl (C=O) groups is 3. The first kappa shape index (κ1) is 25.9. The van der Waals surface area contributed by atoms with Crippen LogP contribution in [0, 0.1) is 0 Å². The van der Waals surface area contributed by atoms with Crippen LogP contribution < -0.4 is 10.6 Å². The number of amides is 2. The number of hydrogen-bond donors (Lipinski definition) is 2. The summed E-state index contributed by atoms with van der Waals surface area (Å²) in [4.78, 5) is 34.1. The van der Waals surface area contributed by atoms with E-state index >= 15 is 0 Å². The zero-order valence-corrected chi connectivity index (χ0v) is 18.7. The lowest BCUT2D eigenvalue weighted by Crippen LogP contribution is -2.25. The highest BCUT2D eigenvalue weighted by molar-refractivity contribution is 5.96. The van der Waals surface area contributed by atoms with Crippen LogP contribution in [0.25, 0.3) is 0 Å². The van der Waals surface area contributed by atoms with Crippen LogP contribution in [0.4, 0.5) is 5.69 Å². The van der Waals surface area contributed by atoms with Crippen LogP contribution in [0.1, 0.15) is 107 Å². The lowest BCUT2D eigenvalue weighted by atomic mass is 10.0. The van der Waals surface area contributed by atoms with Crippen LogP contribution in [0.3, 0.4) is 0 Å². The minimum atomic E-state index is -0.299. The number of unbranched alkanes of at least 4 members (excludes halogenated alkanes) is 12. The van der Waals surface area contributed by atoms with Gasteiger partial charge in [0.25, 0.3) is 5.91 Å². The third-order valence-corrected chi connectivity index (χ3v) is 5.28. The van der Waals surface area contributed by atoms with Gasteiger partial charge in [-0.3, -0.25) is 9.59 Å². The van der Waals surface area contributed by atoms with Crippen LogP contribution in [-0.4, -0.2) is 24.6 Å². The fraction of sp³-hybridized carbons (Fsp3) is 0.640. The number of carbonyl (C=O) groups excluding carboxylic acids is 3. The van der Waals surface area contributed by atoms with Gasteiger partial charge in [0.15, 0.2) is 0 Å².